The third-order valence-corrected chi connectivity index (χ3v) is 3.76. The zero-order valence-electron chi connectivity index (χ0n) is 10.0. The highest BCUT2D eigenvalue weighted by Gasteiger charge is 2.07. The maximum absolute atomic E-state index is 5.67. The Balaban J connectivity index is 2.24. The molecule has 1 aromatic heterocycles. The predicted molar refractivity (Wildman–Crippen MR) is 73.9 cm³/mol. The maximum atomic E-state index is 5.67. The molecule has 2 rings (SSSR count). The van der Waals surface area contributed by atoms with Gasteiger partial charge in [0.2, 0.25) is 0 Å². The smallest absolute Gasteiger partial charge is 0.143 e. The van der Waals surface area contributed by atoms with Crippen LogP contribution in [0.25, 0.3) is 10.6 Å². The van der Waals surface area contributed by atoms with Gasteiger partial charge in [-0.05, 0) is 32.4 Å². The number of aryl methyl sites for hydroxylation is 3. The second-order valence-corrected chi connectivity index (χ2v) is 5.61. The SMILES string of the molecule is Cc1cc(C)cc(-c2nnc(CCCCl)s2)c1. The number of benzene rings is 1. The fourth-order valence-corrected chi connectivity index (χ4v) is 2.79. The van der Waals surface area contributed by atoms with Crippen molar-refractivity contribution in [1.82, 2.24) is 10.2 Å². The summed E-state index contributed by atoms with van der Waals surface area (Å²) < 4.78 is 0. The van der Waals surface area contributed by atoms with Gasteiger partial charge in [-0.15, -0.1) is 21.8 Å². The first kappa shape index (κ1) is 12.5. The average molecular weight is 267 g/mol. The predicted octanol–water partition coefficient (Wildman–Crippen LogP) is 3.99. The summed E-state index contributed by atoms with van der Waals surface area (Å²) in [5.74, 6) is 0.679. The van der Waals surface area contributed by atoms with Crippen molar-refractivity contribution in [3.05, 3.63) is 34.3 Å². The molecule has 2 aromatic rings. The van der Waals surface area contributed by atoms with E-state index in [2.05, 4.69) is 42.2 Å². The summed E-state index contributed by atoms with van der Waals surface area (Å²) in [6, 6.07) is 6.47. The molecule has 90 valence electrons. The normalized spacial score (nSPS) is 10.8. The van der Waals surface area contributed by atoms with Crippen LogP contribution in [0.5, 0.6) is 0 Å². The minimum absolute atomic E-state index is 0.679. The van der Waals surface area contributed by atoms with Crippen molar-refractivity contribution in [1.29, 1.82) is 0 Å². The third kappa shape index (κ3) is 3.27. The molecule has 0 radical (unpaired) electrons. The molecule has 1 heterocycles. The van der Waals surface area contributed by atoms with E-state index in [0.29, 0.717) is 5.88 Å². The number of alkyl halides is 1. The molecule has 0 amide bonds. The fraction of sp³-hybridized carbons (Fsp3) is 0.385. The summed E-state index contributed by atoms with van der Waals surface area (Å²) in [6.45, 7) is 4.21. The summed E-state index contributed by atoms with van der Waals surface area (Å²) in [5.41, 5.74) is 3.69. The van der Waals surface area contributed by atoms with Crippen molar-refractivity contribution in [2.24, 2.45) is 0 Å². The van der Waals surface area contributed by atoms with Gasteiger partial charge in [0.1, 0.15) is 10.0 Å². The van der Waals surface area contributed by atoms with Gasteiger partial charge in [-0.2, -0.15) is 0 Å². The molecule has 0 saturated heterocycles. The number of nitrogens with zero attached hydrogens (tertiary/aromatic N) is 2. The van der Waals surface area contributed by atoms with E-state index < -0.39 is 0 Å². The molecule has 0 unspecified atom stereocenters. The molecular weight excluding hydrogens is 252 g/mol. The Morgan fingerprint density at radius 2 is 1.82 bits per heavy atom. The number of halogens is 1. The van der Waals surface area contributed by atoms with Gasteiger partial charge >= 0.3 is 0 Å². The van der Waals surface area contributed by atoms with Crippen molar-refractivity contribution in [3.63, 3.8) is 0 Å². The Morgan fingerprint density at radius 1 is 1.12 bits per heavy atom. The Hall–Kier alpha value is -0.930. The van der Waals surface area contributed by atoms with E-state index in [0.717, 1.165) is 28.4 Å². The van der Waals surface area contributed by atoms with Gasteiger partial charge in [-0.25, -0.2) is 0 Å². The number of aromatic nitrogens is 2. The van der Waals surface area contributed by atoms with Crippen LogP contribution in [0.1, 0.15) is 22.6 Å². The van der Waals surface area contributed by atoms with Gasteiger partial charge in [-0.1, -0.05) is 28.5 Å². The molecule has 1 aromatic carbocycles. The fourth-order valence-electron chi connectivity index (χ4n) is 1.79. The lowest BCUT2D eigenvalue weighted by atomic mass is 10.1. The largest absolute Gasteiger partial charge is 0.147 e. The van der Waals surface area contributed by atoms with E-state index in [1.165, 1.54) is 11.1 Å². The molecule has 2 nitrogen and oxygen atoms in total. The minimum Gasteiger partial charge on any atom is -0.143 e. The van der Waals surface area contributed by atoms with Crippen molar-refractivity contribution in [2.45, 2.75) is 26.7 Å². The van der Waals surface area contributed by atoms with Crippen LogP contribution in [0, 0.1) is 13.8 Å². The highest BCUT2D eigenvalue weighted by Crippen LogP contribution is 2.26. The second kappa shape index (κ2) is 5.61. The third-order valence-electron chi connectivity index (χ3n) is 2.46. The van der Waals surface area contributed by atoms with E-state index in [9.17, 15) is 0 Å². The van der Waals surface area contributed by atoms with Gasteiger partial charge in [0.05, 0.1) is 0 Å². The maximum Gasteiger partial charge on any atom is 0.147 e. The van der Waals surface area contributed by atoms with Gasteiger partial charge in [0, 0.05) is 17.9 Å². The van der Waals surface area contributed by atoms with Crippen molar-refractivity contribution in [2.75, 3.05) is 5.88 Å². The molecule has 0 N–H and O–H groups in total. The lowest BCUT2D eigenvalue weighted by Crippen LogP contribution is -1.84. The highest BCUT2D eigenvalue weighted by molar-refractivity contribution is 7.14. The van der Waals surface area contributed by atoms with Gasteiger partial charge in [0.25, 0.3) is 0 Å². The van der Waals surface area contributed by atoms with Crippen LogP contribution in [0.4, 0.5) is 0 Å². The van der Waals surface area contributed by atoms with Crippen molar-refractivity contribution in [3.8, 4) is 10.6 Å². The Morgan fingerprint density at radius 3 is 2.47 bits per heavy atom. The van der Waals surface area contributed by atoms with Crippen LogP contribution in [-0.2, 0) is 6.42 Å². The van der Waals surface area contributed by atoms with Crippen LogP contribution >= 0.6 is 22.9 Å². The average Bonchev–Trinajstić information content (AvgIpc) is 2.73. The van der Waals surface area contributed by atoms with E-state index >= 15 is 0 Å². The summed E-state index contributed by atoms with van der Waals surface area (Å²) in [7, 11) is 0. The topological polar surface area (TPSA) is 25.8 Å². The molecule has 0 aliphatic rings. The van der Waals surface area contributed by atoms with E-state index in [4.69, 9.17) is 11.6 Å². The van der Waals surface area contributed by atoms with E-state index in [-0.39, 0.29) is 0 Å². The molecule has 0 spiro atoms. The minimum atomic E-state index is 0.679. The molecule has 0 aliphatic heterocycles. The summed E-state index contributed by atoms with van der Waals surface area (Å²) in [4.78, 5) is 0. The number of hydrogen-bond donors (Lipinski definition) is 0. The zero-order chi connectivity index (χ0) is 12.3. The standard InChI is InChI=1S/C13H15ClN2S/c1-9-6-10(2)8-11(7-9)13-16-15-12(17-13)4-3-5-14/h6-8H,3-5H2,1-2H3. The van der Waals surface area contributed by atoms with Crippen molar-refractivity contribution < 1.29 is 0 Å². The van der Waals surface area contributed by atoms with Crippen LogP contribution in [0.3, 0.4) is 0 Å². The van der Waals surface area contributed by atoms with Gasteiger partial charge in [-0.3, -0.25) is 0 Å². The van der Waals surface area contributed by atoms with Crippen LogP contribution in [-0.4, -0.2) is 16.1 Å². The van der Waals surface area contributed by atoms with Crippen molar-refractivity contribution >= 4 is 22.9 Å². The molecule has 0 atom stereocenters. The highest BCUT2D eigenvalue weighted by atomic mass is 35.5. The summed E-state index contributed by atoms with van der Waals surface area (Å²) in [5, 5.41) is 10.5. The summed E-state index contributed by atoms with van der Waals surface area (Å²) >= 11 is 7.34. The van der Waals surface area contributed by atoms with Gasteiger partial charge < -0.3 is 0 Å². The molecule has 0 saturated carbocycles. The lowest BCUT2D eigenvalue weighted by molar-refractivity contribution is 0.884. The molecule has 17 heavy (non-hydrogen) atoms. The van der Waals surface area contributed by atoms with E-state index in [1.807, 2.05) is 0 Å². The first-order valence-corrected chi connectivity index (χ1v) is 7.01. The monoisotopic (exact) mass is 266 g/mol. The molecule has 0 bridgehead atoms. The second-order valence-electron chi connectivity index (χ2n) is 4.17. The zero-order valence-corrected chi connectivity index (χ0v) is 11.6. The number of hydrogen-bond acceptors (Lipinski definition) is 3. The van der Waals surface area contributed by atoms with Crippen LogP contribution in [0.2, 0.25) is 0 Å². The first-order chi connectivity index (χ1) is 8.19. The van der Waals surface area contributed by atoms with Crippen LogP contribution in [0.15, 0.2) is 18.2 Å². The Kier molecular flexibility index (Phi) is 4.13. The first-order valence-electron chi connectivity index (χ1n) is 5.66. The quantitative estimate of drug-likeness (QED) is 0.782. The molecular formula is C13H15ClN2S. The van der Waals surface area contributed by atoms with E-state index in [1.54, 1.807) is 11.3 Å². The Bertz CT molecular complexity index is 488. The summed E-state index contributed by atoms with van der Waals surface area (Å²) in [6.07, 6.45) is 1.88. The molecule has 0 fully saturated rings. The van der Waals surface area contributed by atoms with Crippen LogP contribution < -0.4 is 0 Å². The number of rotatable bonds is 4. The Labute approximate surface area is 111 Å². The lowest BCUT2D eigenvalue weighted by Gasteiger charge is -2.00. The van der Waals surface area contributed by atoms with Gasteiger partial charge in [0.15, 0.2) is 0 Å². The molecule has 0 aliphatic carbocycles. The molecule has 4 heteroatoms.